The van der Waals surface area contributed by atoms with Crippen molar-refractivity contribution >= 4 is 5.91 Å². The van der Waals surface area contributed by atoms with Gasteiger partial charge in [-0.1, -0.05) is 179 Å². The second kappa shape index (κ2) is 35.7. The molecule has 0 aromatic heterocycles. The third-order valence-corrected chi connectivity index (χ3v) is 9.07. The minimum absolute atomic E-state index is 0.147. The second-order valence-electron chi connectivity index (χ2n) is 13.5. The van der Waals surface area contributed by atoms with Crippen molar-refractivity contribution in [2.45, 2.75) is 218 Å². The quantitative estimate of drug-likeness (QED) is 0.0412. The summed E-state index contributed by atoms with van der Waals surface area (Å²) in [5, 5.41) is 33.3. The largest absolute Gasteiger partial charge is 0.394 e. The van der Waals surface area contributed by atoms with Crippen molar-refractivity contribution in [1.29, 1.82) is 0 Å². The molecule has 266 valence electrons. The van der Waals surface area contributed by atoms with Crippen LogP contribution < -0.4 is 5.32 Å². The standard InChI is InChI=1S/C40H77NO4/c1-3-5-7-9-11-13-15-16-17-18-19-20-21-22-23-24-25-27-29-31-33-35-39(44)41-37(36-42)40(45)38(43)34-32-30-28-26-14-12-10-8-6-4-2/h5,7,11,13,37-38,40,42-43,45H,3-4,6,8-10,12,14-36H2,1-2H3,(H,41,44)/b7-5-,13-11-. The average Bonchev–Trinajstić information content (AvgIpc) is 3.04. The van der Waals surface area contributed by atoms with E-state index in [1.165, 1.54) is 122 Å². The van der Waals surface area contributed by atoms with E-state index in [2.05, 4.69) is 43.5 Å². The van der Waals surface area contributed by atoms with Crippen LogP contribution in [0.4, 0.5) is 0 Å². The first-order chi connectivity index (χ1) is 22.1. The Morgan fingerprint density at radius 3 is 1.51 bits per heavy atom. The predicted octanol–water partition coefficient (Wildman–Crippen LogP) is 10.7. The number of aliphatic hydroxyl groups excluding tert-OH is 3. The molecule has 0 aliphatic carbocycles. The highest BCUT2D eigenvalue weighted by Gasteiger charge is 2.26. The number of carbonyl (C=O) groups excluding carboxylic acids is 1. The first kappa shape index (κ1) is 43.8. The summed E-state index contributed by atoms with van der Waals surface area (Å²) in [5.41, 5.74) is 0. The number of amides is 1. The van der Waals surface area contributed by atoms with Crippen molar-refractivity contribution < 1.29 is 20.1 Å². The Hall–Kier alpha value is -1.17. The summed E-state index contributed by atoms with van der Waals surface area (Å²) in [6, 6.07) is -0.805. The van der Waals surface area contributed by atoms with Gasteiger partial charge in [-0.3, -0.25) is 4.79 Å². The number of hydrogen-bond acceptors (Lipinski definition) is 4. The fourth-order valence-electron chi connectivity index (χ4n) is 6.02. The average molecular weight is 636 g/mol. The second-order valence-corrected chi connectivity index (χ2v) is 13.5. The van der Waals surface area contributed by atoms with Crippen molar-refractivity contribution in [3.8, 4) is 0 Å². The van der Waals surface area contributed by atoms with Crippen LogP contribution in [-0.2, 0) is 4.79 Å². The maximum atomic E-state index is 12.4. The molecule has 0 aromatic carbocycles. The number of aliphatic hydroxyl groups is 3. The molecule has 0 saturated heterocycles. The number of hydrogen-bond donors (Lipinski definition) is 4. The van der Waals surface area contributed by atoms with E-state index in [0.717, 1.165) is 51.4 Å². The van der Waals surface area contributed by atoms with Crippen LogP contribution in [0.3, 0.4) is 0 Å². The molecule has 0 saturated carbocycles. The number of unbranched alkanes of at least 4 members (excludes halogenated alkanes) is 23. The molecular weight excluding hydrogens is 558 g/mol. The van der Waals surface area contributed by atoms with Crippen molar-refractivity contribution in [2.75, 3.05) is 6.61 Å². The summed E-state index contributed by atoms with van der Waals surface area (Å²) in [5.74, 6) is -0.147. The van der Waals surface area contributed by atoms with Crippen LogP contribution in [0.2, 0.25) is 0 Å². The SMILES string of the molecule is CC/C=C\C/C=C\CCCCCCCCCCCCCCCCC(=O)NC(CO)C(O)C(O)CCCCCCCCCCCC. The lowest BCUT2D eigenvalue weighted by Crippen LogP contribution is -2.50. The normalized spacial score (nSPS) is 14.0. The minimum Gasteiger partial charge on any atom is -0.394 e. The molecule has 3 unspecified atom stereocenters. The Labute approximate surface area is 280 Å². The van der Waals surface area contributed by atoms with E-state index in [1.807, 2.05) is 0 Å². The summed E-state index contributed by atoms with van der Waals surface area (Å²) < 4.78 is 0. The molecule has 0 heterocycles. The number of carbonyl (C=O) groups is 1. The molecule has 0 fully saturated rings. The first-order valence-electron chi connectivity index (χ1n) is 19.6. The predicted molar refractivity (Wildman–Crippen MR) is 195 cm³/mol. The highest BCUT2D eigenvalue weighted by molar-refractivity contribution is 5.76. The molecule has 0 radical (unpaired) electrons. The molecule has 5 nitrogen and oxygen atoms in total. The van der Waals surface area contributed by atoms with Crippen molar-refractivity contribution in [1.82, 2.24) is 5.32 Å². The zero-order valence-electron chi connectivity index (χ0n) is 30.0. The third-order valence-electron chi connectivity index (χ3n) is 9.07. The van der Waals surface area contributed by atoms with Crippen LogP contribution in [0.5, 0.6) is 0 Å². The van der Waals surface area contributed by atoms with Gasteiger partial charge in [0.15, 0.2) is 0 Å². The van der Waals surface area contributed by atoms with Crippen LogP contribution in [-0.4, -0.2) is 46.1 Å². The van der Waals surface area contributed by atoms with Crippen LogP contribution >= 0.6 is 0 Å². The van der Waals surface area contributed by atoms with E-state index in [4.69, 9.17) is 0 Å². The van der Waals surface area contributed by atoms with E-state index in [-0.39, 0.29) is 12.5 Å². The van der Waals surface area contributed by atoms with Gasteiger partial charge in [-0.2, -0.15) is 0 Å². The Bertz CT molecular complexity index is 665. The molecule has 0 aromatic rings. The molecule has 0 rings (SSSR count). The Morgan fingerprint density at radius 2 is 1.02 bits per heavy atom. The van der Waals surface area contributed by atoms with Crippen LogP contribution in [0, 0.1) is 0 Å². The fourth-order valence-corrected chi connectivity index (χ4v) is 6.02. The summed E-state index contributed by atoms with van der Waals surface area (Å²) in [4.78, 5) is 12.4. The topological polar surface area (TPSA) is 89.8 Å². The lowest BCUT2D eigenvalue weighted by Gasteiger charge is -2.26. The molecule has 0 aliphatic rings. The Balaban J connectivity index is 3.59. The fraction of sp³-hybridized carbons (Fsp3) is 0.875. The van der Waals surface area contributed by atoms with Gasteiger partial charge in [0, 0.05) is 6.42 Å². The smallest absolute Gasteiger partial charge is 0.220 e. The van der Waals surface area contributed by atoms with Gasteiger partial charge in [-0.25, -0.2) is 0 Å². The van der Waals surface area contributed by atoms with Gasteiger partial charge in [-0.15, -0.1) is 0 Å². The van der Waals surface area contributed by atoms with Crippen LogP contribution in [0.15, 0.2) is 24.3 Å². The maximum Gasteiger partial charge on any atom is 0.220 e. The highest BCUT2D eigenvalue weighted by atomic mass is 16.3. The molecule has 4 N–H and O–H groups in total. The summed E-state index contributed by atoms with van der Waals surface area (Å²) >= 11 is 0. The summed E-state index contributed by atoms with van der Waals surface area (Å²) in [6.07, 6.45) is 41.4. The van der Waals surface area contributed by atoms with Crippen LogP contribution in [0.25, 0.3) is 0 Å². The summed E-state index contributed by atoms with van der Waals surface area (Å²) in [7, 11) is 0. The van der Waals surface area contributed by atoms with Gasteiger partial charge in [-0.05, 0) is 38.5 Å². The molecule has 1 amide bonds. The zero-order chi connectivity index (χ0) is 33.1. The molecule has 0 spiro atoms. The van der Waals surface area contributed by atoms with Gasteiger partial charge in [0.1, 0.15) is 6.10 Å². The molecule has 5 heteroatoms. The van der Waals surface area contributed by atoms with Gasteiger partial charge in [0.2, 0.25) is 5.91 Å². The molecule has 3 atom stereocenters. The van der Waals surface area contributed by atoms with E-state index < -0.39 is 18.2 Å². The first-order valence-corrected chi connectivity index (χ1v) is 19.6. The van der Waals surface area contributed by atoms with E-state index >= 15 is 0 Å². The lowest BCUT2D eigenvalue weighted by atomic mass is 9.99. The van der Waals surface area contributed by atoms with Gasteiger partial charge in [0.25, 0.3) is 0 Å². The van der Waals surface area contributed by atoms with E-state index in [1.54, 1.807) is 0 Å². The molecular formula is C40H77NO4. The number of nitrogens with one attached hydrogen (secondary N) is 1. The molecule has 45 heavy (non-hydrogen) atoms. The van der Waals surface area contributed by atoms with Crippen molar-refractivity contribution in [3.05, 3.63) is 24.3 Å². The summed E-state index contributed by atoms with van der Waals surface area (Å²) in [6.45, 7) is 4.05. The molecule has 0 aliphatic heterocycles. The third kappa shape index (κ3) is 31.2. The van der Waals surface area contributed by atoms with Crippen LogP contribution in [0.1, 0.15) is 200 Å². The Kier molecular flexibility index (Phi) is 34.8. The van der Waals surface area contributed by atoms with E-state index in [9.17, 15) is 20.1 Å². The maximum absolute atomic E-state index is 12.4. The highest BCUT2D eigenvalue weighted by Crippen LogP contribution is 2.16. The number of allylic oxidation sites excluding steroid dienone is 4. The van der Waals surface area contributed by atoms with Gasteiger partial charge in [0.05, 0.1) is 18.8 Å². The molecule has 0 bridgehead atoms. The van der Waals surface area contributed by atoms with Gasteiger partial charge >= 0.3 is 0 Å². The number of rotatable bonds is 35. The zero-order valence-corrected chi connectivity index (χ0v) is 30.0. The minimum atomic E-state index is -1.13. The van der Waals surface area contributed by atoms with Crippen molar-refractivity contribution in [3.63, 3.8) is 0 Å². The Morgan fingerprint density at radius 1 is 0.578 bits per heavy atom. The van der Waals surface area contributed by atoms with Gasteiger partial charge < -0.3 is 20.6 Å². The lowest BCUT2D eigenvalue weighted by molar-refractivity contribution is -0.124. The monoisotopic (exact) mass is 636 g/mol. The van der Waals surface area contributed by atoms with Crippen molar-refractivity contribution in [2.24, 2.45) is 0 Å². The van der Waals surface area contributed by atoms with E-state index in [0.29, 0.717) is 12.8 Å².